The Labute approximate surface area is 119 Å². The summed E-state index contributed by atoms with van der Waals surface area (Å²) in [7, 11) is 0. The van der Waals surface area contributed by atoms with Crippen molar-refractivity contribution in [3.8, 4) is 0 Å². The van der Waals surface area contributed by atoms with Crippen molar-refractivity contribution >= 4 is 12.0 Å². The van der Waals surface area contributed by atoms with Crippen LogP contribution >= 0.6 is 0 Å². The Balaban J connectivity index is 2.01. The molecule has 9 nitrogen and oxygen atoms in total. The summed E-state index contributed by atoms with van der Waals surface area (Å²) in [5.74, 6) is -0.847. The first-order valence-electron chi connectivity index (χ1n) is 6.16. The smallest absolute Gasteiger partial charge is 0.330 e. The molecule has 2 aromatic rings. The number of carbonyl (C=O) groups excluding carboxylic acids is 1. The van der Waals surface area contributed by atoms with Crippen LogP contribution in [0.25, 0.3) is 0 Å². The van der Waals surface area contributed by atoms with Crippen molar-refractivity contribution in [2.45, 2.75) is 19.0 Å². The summed E-state index contributed by atoms with van der Waals surface area (Å²) in [6.45, 7) is 1.66. The summed E-state index contributed by atoms with van der Waals surface area (Å²) in [6, 6.07) is 6.14. The molecule has 1 aromatic carbocycles. The highest BCUT2D eigenvalue weighted by atomic mass is 16.4. The van der Waals surface area contributed by atoms with Gasteiger partial charge >= 0.3 is 12.0 Å². The van der Waals surface area contributed by atoms with Crippen molar-refractivity contribution in [3.05, 3.63) is 41.7 Å². The third-order valence-electron chi connectivity index (χ3n) is 2.75. The van der Waals surface area contributed by atoms with E-state index in [1.54, 1.807) is 37.3 Å². The first-order valence-corrected chi connectivity index (χ1v) is 6.16. The van der Waals surface area contributed by atoms with E-state index in [1.165, 1.54) is 0 Å². The third-order valence-corrected chi connectivity index (χ3v) is 2.75. The number of aromatic nitrogens is 4. The molecule has 0 fully saturated rings. The Morgan fingerprint density at radius 1 is 1.24 bits per heavy atom. The zero-order valence-electron chi connectivity index (χ0n) is 11.1. The monoisotopic (exact) mass is 290 g/mol. The minimum Gasteiger partial charge on any atom is -0.479 e. The van der Waals surface area contributed by atoms with Crippen LogP contribution in [0.1, 0.15) is 30.4 Å². The van der Waals surface area contributed by atoms with Crippen molar-refractivity contribution in [3.63, 3.8) is 0 Å². The van der Waals surface area contributed by atoms with E-state index in [-0.39, 0.29) is 0 Å². The number of amides is 2. The molecule has 21 heavy (non-hydrogen) atoms. The lowest BCUT2D eigenvalue weighted by atomic mass is 10.1. The zero-order valence-corrected chi connectivity index (χ0v) is 11.1. The number of hydrogen-bond donors (Lipinski definition) is 4. The van der Waals surface area contributed by atoms with Gasteiger partial charge < -0.3 is 15.7 Å². The van der Waals surface area contributed by atoms with Gasteiger partial charge in [-0.2, -0.15) is 5.21 Å². The number of carbonyl (C=O) groups is 2. The Morgan fingerprint density at radius 2 is 1.95 bits per heavy atom. The van der Waals surface area contributed by atoms with E-state index < -0.39 is 24.1 Å². The molecule has 2 amide bonds. The summed E-state index contributed by atoms with van der Waals surface area (Å²) in [4.78, 5) is 23.1. The Morgan fingerprint density at radius 3 is 2.52 bits per heavy atom. The molecule has 0 saturated heterocycles. The van der Waals surface area contributed by atoms with Crippen LogP contribution in [0, 0.1) is 0 Å². The maximum Gasteiger partial charge on any atom is 0.330 e. The second-order valence-electron chi connectivity index (χ2n) is 4.29. The lowest BCUT2D eigenvalue weighted by molar-refractivity contribution is -0.139. The van der Waals surface area contributed by atoms with Crippen molar-refractivity contribution in [1.82, 2.24) is 31.3 Å². The maximum atomic E-state index is 11.9. The summed E-state index contributed by atoms with van der Waals surface area (Å²) in [5, 5.41) is 27.3. The van der Waals surface area contributed by atoms with Gasteiger partial charge in [0, 0.05) is 0 Å². The zero-order chi connectivity index (χ0) is 15.2. The number of hydrogen-bond acceptors (Lipinski definition) is 5. The Bertz CT molecular complexity index is 601. The van der Waals surface area contributed by atoms with Gasteiger partial charge in [-0.05, 0) is 12.5 Å². The first-order chi connectivity index (χ1) is 10.1. The van der Waals surface area contributed by atoms with E-state index in [0.717, 1.165) is 0 Å². The normalized spacial score (nSPS) is 13.2. The number of nitrogens with zero attached hydrogens (tertiary/aromatic N) is 3. The fourth-order valence-corrected chi connectivity index (χ4v) is 1.72. The van der Waals surface area contributed by atoms with Gasteiger partial charge in [0.2, 0.25) is 0 Å². The molecule has 0 aliphatic carbocycles. The molecule has 9 heteroatoms. The highest BCUT2D eigenvalue weighted by molar-refractivity contribution is 5.83. The molecule has 4 N–H and O–H groups in total. The summed E-state index contributed by atoms with van der Waals surface area (Å²) < 4.78 is 0. The van der Waals surface area contributed by atoms with Crippen molar-refractivity contribution < 1.29 is 14.7 Å². The molecule has 0 aliphatic rings. The van der Waals surface area contributed by atoms with Crippen LogP contribution in [-0.2, 0) is 4.79 Å². The molecule has 2 atom stereocenters. The molecule has 1 heterocycles. The van der Waals surface area contributed by atoms with Gasteiger partial charge in [-0.25, -0.2) is 9.59 Å². The van der Waals surface area contributed by atoms with Crippen LogP contribution < -0.4 is 10.6 Å². The van der Waals surface area contributed by atoms with Crippen LogP contribution in [0.15, 0.2) is 30.3 Å². The molecule has 0 radical (unpaired) electrons. The fourth-order valence-electron chi connectivity index (χ4n) is 1.72. The number of nitrogens with one attached hydrogen (secondary N) is 3. The largest absolute Gasteiger partial charge is 0.479 e. The van der Waals surface area contributed by atoms with E-state index in [0.29, 0.717) is 11.4 Å². The van der Waals surface area contributed by atoms with Crippen molar-refractivity contribution in [2.75, 3.05) is 0 Å². The van der Waals surface area contributed by atoms with E-state index in [9.17, 15) is 14.7 Å². The second kappa shape index (κ2) is 6.46. The molecule has 0 bridgehead atoms. The van der Waals surface area contributed by atoms with Gasteiger partial charge in [0.25, 0.3) is 0 Å². The third kappa shape index (κ3) is 3.75. The van der Waals surface area contributed by atoms with Gasteiger partial charge in [-0.1, -0.05) is 35.5 Å². The lowest BCUT2D eigenvalue weighted by Gasteiger charge is -2.17. The summed E-state index contributed by atoms with van der Waals surface area (Å²) >= 11 is 0. The van der Waals surface area contributed by atoms with E-state index in [2.05, 4.69) is 31.3 Å². The van der Waals surface area contributed by atoms with E-state index in [4.69, 9.17) is 0 Å². The number of benzene rings is 1. The number of carboxylic acid groups (broad SMARTS) is 1. The van der Waals surface area contributed by atoms with Crippen LogP contribution in [-0.4, -0.2) is 37.7 Å². The van der Waals surface area contributed by atoms with E-state index in [1.807, 2.05) is 0 Å². The highest BCUT2D eigenvalue weighted by Crippen LogP contribution is 2.13. The average Bonchev–Trinajstić information content (AvgIpc) is 2.99. The van der Waals surface area contributed by atoms with Gasteiger partial charge in [-0.15, -0.1) is 10.2 Å². The number of rotatable bonds is 5. The number of carboxylic acids is 1. The minimum absolute atomic E-state index is 0.303. The van der Waals surface area contributed by atoms with Crippen LogP contribution in [0.4, 0.5) is 4.79 Å². The Kier molecular flexibility index (Phi) is 4.44. The number of urea groups is 1. The van der Waals surface area contributed by atoms with E-state index >= 15 is 0 Å². The van der Waals surface area contributed by atoms with Gasteiger partial charge in [0.15, 0.2) is 11.9 Å². The van der Waals surface area contributed by atoms with Crippen molar-refractivity contribution in [2.24, 2.45) is 0 Å². The van der Waals surface area contributed by atoms with Crippen LogP contribution in [0.3, 0.4) is 0 Å². The standard InChI is InChI=1S/C12H14N6O3/c1-7(10-15-17-18-16-10)13-12(21)14-9(11(19)20)8-5-3-2-4-6-8/h2-7,9H,1H3,(H,19,20)(H2,13,14,21)(H,15,16,17,18)/t7?,9-/m1/s1. The van der Waals surface area contributed by atoms with Crippen molar-refractivity contribution in [1.29, 1.82) is 0 Å². The summed E-state index contributed by atoms with van der Waals surface area (Å²) in [5.41, 5.74) is 0.479. The number of aliphatic carboxylic acids is 1. The number of H-pyrrole nitrogens is 1. The topological polar surface area (TPSA) is 133 Å². The van der Waals surface area contributed by atoms with Gasteiger partial charge in [-0.3, -0.25) is 0 Å². The maximum absolute atomic E-state index is 11.9. The molecular weight excluding hydrogens is 276 g/mol. The summed E-state index contributed by atoms with van der Waals surface area (Å²) in [6.07, 6.45) is 0. The molecule has 0 aliphatic heterocycles. The first kappa shape index (κ1) is 14.4. The predicted molar refractivity (Wildman–Crippen MR) is 71.1 cm³/mol. The molecule has 0 spiro atoms. The second-order valence-corrected chi connectivity index (χ2v) is 4.29. The number of tetrazole rings is 1. The average molecular weight is 290 g/mol. The molecule has 2 rings (SSSR count). The molecule has 1 aromatic heterocycles. The molecule has 0 saturated carbocycles. The number of aromatic amines is 1. The van der Waals surface area contributed by atoms with Crippen LogP contribution in [0.2, 0.25) is 0 Å². The SMILES string of the molecule is CC(NC(=O)N[C@@H](C(=O)O)c1ccccc1)c1nn[nH]n1. The quantitative estimate of drug-likeness (QED) is 0.629. The lowest BCUT2D eigenvalue weighted by Crippen LogP contribution is -2.42. The van der Waals surface area contributed by atoms with Gasteiger partial charge in [0.05, 0.1) is 6.04 Å². The molecule has 1 unspecified atom stereocenters. The minimum atomic E-state index is -1.15. The molecular formula is C12H14N6O3. The Hall–Kier alpha value is -2.97. The predicted octanol–water partition coefficient (Wildman–Crippen LogP) is 0.386. The van der Waals surface area contributed by atoms with Crippen LogP contribution in [0.5, 0.6) is 0 Å². The fraction of sp³-hybridized carbons (Fsp3) is 0.250. The van der Waals surface area contributed by atoms with Gasteiger partial charge in [0.1, 0.15) is 0 Å². The highest BCUT2D eigenvalue weighted by Gasteiger charge is 2.23. The molecule has 110 valence electrons.